The van der Waals surface area contributed by atoms with Crippen LogP contribution in [0.2, 0.25) is 5.15 Å². The minimum atomic E-state index is 0.550. The number of benzene rings is 1. The second-order valence-corrected chi connectivity index (χ2v) is 4.60. The molecule has 16 heavy (non-hydrogen) atoms. The first-order valence-corrected chi connectivity index (χ1v) is 5.77. The molecule has 0 saturated heterocycles. The molecule has 0 bridgehead atoms. The topological polar surface area (TPSA) is 17.8 Å². The molecule has 0 N–H and O–H groups in total. The van der Waals surface area contributed by atoms with Crippen LogP contribution >= 0.6 is 11.6 Å². The Hall–Kier alpha value is -1.28. The van der Waals surface area contributed by atoms with Crippen molar-refractivity contribution in [2.75, 3.05) is 0 Å². The van der Waals surface area contributed by atoms with Gasteiger partial charge in [0.05, 0.1) is 5.69 Å². The van der Waals surface area contributed by atoms with Crippen LogP contribution in [0.25, 0.3) is 5.69 Å². The number of imidazole rings is 1. The maximum Gasteiger partial charge on any atom is 0.136 e. The van der Waals surface area contributed by atoms with Crippen molar-refractivity contribution in [3.05, 3.63) is 47.0 Å². The monoisotopic (exact) mass is 234 g/mol. The largest absolute Gasteiger partial charge is 0.290 e. The molecule has 0 amide bonds. The summed E-state index contributed by atoms with van der Waals surface area (Å²) in [6.07, 6.45) is 1.75. The Morgan fingerprint density at radius 2 is 1.81 bits per heavy atom. The number of aromatic nitrogens is 2. The second-order valence-electron chi connectivity index (χ2n) is 4.24. The van der Waals surface area contributed by atoms with Crippen LogP contribution in [0, 0.1) is 6.92 Å². The molecule has 2 aromatic rings. The van der Waals surface area contributed by atoms with Gasteiger partial charge >= 0.3 is 0 Å². The van der Waals surface area contributed by atoms with E-state index in [-0.39, 0.29) is 0 Å². The molecule has 0 unspecified atom stereocenters. The first-order chi connectivity index (χ1) is 7.59. The Kier molecular flexibility index (Phi) is 3.01. The van der Waals surface area contributed by atoms with Gasteiger partial charge in [0, 0.05) is 5.69 Å². The third-order valence-corrected chi connectivity index (χ3v) is 3.17. The minimum Gasteiger partial charge on any atom is -0.290 e. The molecular formula is C13H15ClN2. The fraction of sp³-hybridized carbons (Fsp3) is 0.308. The van der Waals surface area contributed by atoms with Gasteiger partial charge in [0.15, 0.2) is 0 Å². The van der Waals surface area contributed by atoms with Gasteiger partial charge in [-0.3, -0.25) is 4.57 Å². The van der Waals surface area contributed by atoms with Crippen molar-refractivity contribution in [3.63, 3.8) is 0 Å². The van der Waals surface area contributed by atoms with Gasteiger partial charge in [-0.05, 0) is 30.5 Å². The second kappa shape index (κ2) is 4.30. The third-order valence-electron chi connectivity index (χ3n) is 2.71. The molecule has 2 rings (SSSR count). The Balaban J connectivity index is 2.38. The zero-order valence-corrected chi connectivity index (χ0v) is 10.5. The summed E-state index contributed by atoms with van der Waals surface area (Å²) in [5.41, 5.74) is 3.24. The van der Waals surface area contributed by atoms with Crippen LogP contribution in [-0.2, 0) is 0 Å². The molecule has 1 aromatic carbocycles. The molecule has 3 heteroatoms. The number of rotatable bonds is 2. The summed E-state index contributed by atoms with van der Waals surface area (Å²) >= 11 is 6.15. The normalized spacial score (nSPS) is 11.1. The predicted molar refractivity (Wildman–Crippen MR) is 67.4 cm³/mol. The zero-order chi connectivity index (χ0) is 11.7. The van der Waals surface area contributed by atoms with Gasteiger partial charge in [-0.15, -0.1) is 0 Å². The lowest BCUT2D eigenvalue weighted by Gasteiger charge is -2.08. The third kappa shape index (κ3) is 1.98. The number of hydrogen-bond acceptors (Lipinski definition) is 1. The van der Waals surface area contributed by atoms with Gasteiger partial charge in [-0.2, -0.15) is 0 Å². The van der Waals surface area contributed by atoms with E-state index in [4.69, 9.17) is 11.6 Å². The quantitative estimate of drug-likeness (QED) is 0.769. The van der Waals surface area contributed by atoms with E-state index in [1.54, 1.807) is 6.33 Å². The van der Waals surface area contributed by atoms with Crippen LogP contribution in [0.5, 0.6) is 0 Å². The minimum absolute atomic E-state index is 0.550. The van der Waals surface area contributed by atoms with Crippen molar-refractivity contribution in [2.24, 2.45) is 0 Å². The first kappa shape index (κ1) is 11.2. The molecule has 0 aliphatic heterocycles. The Morgan fingerprint density at radius 1 is 1.19 bits per heavy atom. The maximum absolute atomic E-state index is 6.15. The van der Waals surface area contributed by atoms with E-state index in [1.165, 1.54) is 5.56 Å². The van der Waals surface area contributed by atoms with Crippen LogP contribution in [0.4, 0.5) is 0 Å². The smallest absolute Gasteiger partial charge is 0.136 e. The molecule has 84 valence electrons. The van der Waals surface area contributed by atoms with Gasteiger partial charge in [0.2, 0.25) is 0 Å². The average Bonchev–Trinajstić information content (AvgIpc) is 2.60. The summed E-state index contributed by atoms with van der Waals surface area (Å²) in [6, 6.07) is 8.40. The summed E-state index contributed by atoms with van der Waals surface area (Å²) in [5.74, 6) is 0.550. The number of hydrogen-bond donors (Lipinski definition) is 0. The van der Waals surface area contributed by atoms with E-state index in [0.29, 0.717) is 11.1 Å². The molecule has 0 atom stereocenters. The predicted octanol–water partition coefficient (Wildman–Crippen LogP) is 3.96. The van der Waals surface area contributed by atoms with Crippen LogP contribution < -0.4 is 0 Å². The summed E-state index contributed by atoms with van der Waals surface area (Å²) in [7, 11) is 0. The summed E-state index contributed by atoms with van der Waals surface area (Å²) in [6.45, 7) is 6.27. The van der Waals surface area contributed by atoms with Crippen molar-refractivity contribution >= 4 is 11.6 Å². The molecule has 0 radical (unpaired) electrons. The van der Waals surface area contributed by atoms with Crippen molar-refractivity contribution in [1.29, 1.82) is 0 Å². The number of aryl methyl sites for hydroxylation is 1. The van der Waals surface area contributed by atoms with Crippen LogP contribution in [0.15, 0.2) is 30.6 Å². The SMILES string of the molecule is Cc1ncn(-c2ccc(C(C)C)cc2)c1Cl. The van der Waals surface area contributed by atoms with E-state index in [2.05, 4.69) is 43.1 Å². The summed E-state index contributed by atoms with van der Waals surface area (Å²) < 4.78 is 1.89. The van der Waals surface area contributed by atoms with Gasteiger partial charge in [0.25, 0.3) is 0 Å². The standard InChI is InChI=1S/C13H15ClN2/c1-9(2)11-4-6-12(7-5-11)16-8-15-10(3)13(16)14/h4-9H,1-3H3. The highest BCUT2D eigenvalue weighted by Gasteiger charge is 2.06. The molecule has 1 heterocycles. The van der Waals surface area contributed by atoms with Crippen LogP contribution in [0.3, 0.4) is 0 Å². The highest BCUT2D eigenvalue weighted by molar-refractivity contribution is 6.30. The molecule has 0 saturated carbocycles. The highest BCUT2D eigenvalue weighted by atomic mass is 35.5. The summed E-state index contributed by atoms with van der Waals surface area (Å²) in [4.78, 5) is 4.18. The lowest BCUT2D eigenvalue weighted by atomic mass is 10.0. The zero-order valence-electron chi connectivity index (χ0n) is 9.74. The number of halogens is 1. The molecule has 0 aliphatic rings. The Bertz CT molecular complexity index is 483. The van der Waals surface area contributed by atoms with Gasteiger partial charge < -0.3 is 0 Å². The lowest BCUT2D eigenvalue weighted by molar-refractivity contribution is 0.865. The maximum atomic E-state index is 6.15. The molecule has 0 spiro atoms. The van der Waals surface area contributed by atoms with Gasteiger partial charge in [-0.25, -0.2) is 4.98 Å². The summed E-state index contributed by atoms with van der Waals surface area (Å²) in [5, 5.41) is 0.678. The average molecular weight is 235 g/mol. The molecule has 0 aliphatic carbocycles. The van der Waals surface area contributed by atoms with Crippen molar-refractivity contribution < 1.29 is 0 Å². The molecule has 1 aromatic heterocycles. The molecule has 0 fully saturated rings. The van der Waals surface area contributed by atoms with E-state index in [9.17, 15) is 0 Å². The number of nitrogens with zero attached hydrogens (tertiary/aromatic N) is 2. The van der Waals surface area contributed by atoms with Crippen LogP contribution in [-0.4, -0.2) is 9.55 Å². The van der Waals surface area contributed by atoms with Gasteiger partial charge in [-0.1, -0.05) is 37.6 Å². The fourth-order valence-electron chi connectivity index (χ4n) is 1.62. The van der Waals surface area contributed by atoms with E-state index in [0.717, 1.165) is 11.4 Å². The first-order valence-electron chi connectivity index (χ1n) is 5.39. The van der Waals surface area contributed by atoms with Crippen molar-refractivity contribution in [3.8, 4) is 5.69 Å². The Morgan fingerprint density at radius 3 is 2.25 bits per heavy atom. The fourth-order valence-corrected chi connectivity index (χ4v) is 1.81. The van der Waals surface area contributed by atoms with Crippen molar-refractivity contribution in [1.82, 2.24) is 9.55 Å². The van der Waals surface area contributed by atoms with Gasteiger partial charge in [0.1, 0.15) is 11.5 Å². The van der Waals surface area contributed by atoms with E-state index < -0.39 is 0 Å². The Labute approximate surface area is 101 Å². The molecular weight excluding hydrogens is 220 g/mol. The highest BCUT2D eigenvalue weighted by Crippen LogP contribution is 2.21. The lowest BCUT2D eigenvalue weighted by Crippen LogP contribution is -1.93. The van der Waals surface area contributed by atoms with Crippen LogP contribution in [0.1, 0.15) is 31.0 Å². The van der Waals surface area contributed by atoms with E-state index >= 15 is 0 Å². The molecule has 2 nitrogen and oxygen atoms in total. The van der Waals surface area contributed by atoms with Crippen molar-refractivity contribution in [2.45, 2.75) is 26.7 Å². The van der Waals surface area contributed by atoms with E-state index in [1.807, 2.05) is 11.5 Å².